The van der Waals surface area contributed by atoms with E-state index in [1.807, 2.05) is 44.7 Å². The van der Waals surface area contributed by atoms with E-state index in [9.17, 15) is 4.79 Å². The molecular formula is C27H34ClNO2S. The number of esters is 1. The Bertz CT molecular complexity index is 1110. The van der Waals surface area contributed by atoms with Gasteiger partial charge in [-0.05, 0) is 57.5 Å². The molecule has 0 unspecified atom stereocenters. The van der Waals surface area contributed by atoms with Crippen molar-refractivity contribution < 1.29 is 9.53 Å². The number of thioether (sulfide) groups is 1. The summed E-state index contributed by atoms with van der Waals surface area (Å²) < 4.78 is 7.82. The third kappa shape index (κ3) is 5.71. The third-order valence-corrected chi connectivity index (χ3v) is 6.90. The summed E-state index contributed by atoms with van der Waals surface area (Å²) >= 11 is 8.00. The Labute approximate surface area is 201 Å². The van der Waals surface area contributed by atoms with E-state index in [1.54, 1.807) is 0 Å². The normalized spacial score (nSPS) is 12.4. The molecule has 3 aromatic rings. The van der Waals surface area contributed by atoms with Crippen LogP contribution in [0.2, 0.25) is 5.02 Å². The van der Waals surface area contributed by atoms with Gasteiger partial charge in [0.05, 0.1) is 12.0 Å². The fourth-order valence-electron chi connectivity index (χ4n) is 3.86. The molecule has 3 nitrogen and oxygen atoms in total. The van der Waals surface area contributed by atoms with Crippen molar-refractivity contribution in [3.63, 3.8) is 0 Å². The summed E-state index contributed by atoms with van der Waals surface area (Å²) in [5.41, 5.74) is 4.14. The molecule has 0 aliphatic heterocycles. The van der Waals surface area contributed by atoms with Crippen LogP contribution in [0.25, 0.3) is 10.9 Å². The SMILES string of the molecule is CCOC(=O)C(C)(C)Cc1c(SC(C)(C)C)c2cc(C)ccc2n1Cc1ccc(Cl)cc1. The highest BCUT2D eigenvalue weighted by Crippen LogP contribution is 2.43. The van der Waals surface area contributed by atoms with E-state index in [0.29, 0.717) is 13.0 Å². The Hall–Kier alpha value is -1.91. The number of aryl methyl sites for hydroxylation is 1. The molecule has 32 heavy (non-hydrogen) atoms. The van der Waals surface area contributed by atoms with Gasteiger partial charge in [0.2, 0.25) is 0 Å². The van der Waals surface area contributed by atoms with Crippen molar-refractivity contribution in [2.45, 2.75) is 71.1 Å². The highest BCUT2D eigenvalue weighted by molar-refractivity contribution is 8.00. The molecule has 0 aliphatic rings. The zero-order chi connectivity index (χ0) is 23.7. The highest BCUT2D eigenvalue weighted by atomic mass is 35.5. The van der Waals surface area contributed by atoms with Crippen LogP contribution in [0.15, 0.2) is 47.4 Å². The van der Waals surface area contributed by atoms with Gasteiger partial charge < -0.3 is 9.30 Å². The van der Waals surface area contributed by atoms with E-state index in [1.165, 1.54) is 32.6 Å². The van der Waals surface area contributed by atoms with Crippen LogP contribution in [0.4, 0.5) is 0 Å². The smallest absolute Gasteiger partial charge is 0.311 e. The summed E-state index contributed by atoms with van der Waals surface area (Å²) in [5.74, 6) is -0.161. The monoisotopic (exact) mass is 471 g/mol. The minimum atomic E-state index is -0.635. The van der Waals surface area contributed by atoms with Crippen LogP contribution in [-0.2, 0) is 22.5 Å². The van der Waals surface area contributed by atoms with Crippen molar-refractivity contribution in [2.24, 2.45) is 5.41 Å². The summed E-state index contributed by atoms with van der Waals surface area (Å²) in [6, 6.07) is 14.6. The molecule has 3 rings (SSSR count). The molecule has 0 saturated heterocycles. The van der Waals surface area contributed by atoms with Gasteiger partial charge in [0, 0.05) is 44.2 Å². The first-order chi connectivity index (χ1) is 14.9. The van der Waals surface area contributed by atoms with E-state index in [0.717, 1.165) is 11.6 Å². The first kappa shape index (κ1) is 24.7. The van der Waals surface area contributed by atoms with Gasteiger partial charge in [-0.2, -0.15) is 0 Å². The van der Waals surface area contributed by atoms with Crippen molar-refractivity contribution in [3.05, 3.63) is 64.3 Å². The van der Waals surface area contributed by atoms with Crippen molar-refractivity contribution in [2.75, 3.05) is 6.61 Å². The molecule has 0 saturated carbocycles. The van der Waals surface area contributed by atoms with Gasteiger partial charge >= 0.3 is 5.97 Å². The van der Waals surface area contributed by atoms with Crippen LogP contribution >= 0.6 is 23.4 Å². The van der Waals surface area contributed by atoms with Crippen molar-refractivity contribution >= 4 is 40.2 Å². The van der Waals surface area contributed by atoms with Gasteiger partial charge in [0.1, 0.15) is 0 Å². The number of benzene rings is 2. The van der Waals surface area contributed by atoms with E-state index < -0.39 is 5.41 Å². The number of carbonyl (C=O) groups excluding carboxylic acids is 1. The van der Waals surface area contributed by atoms with Gasteiger partial charge in [0.15, 0.2) is 0 Å². The third-order valence-electron chi connectivity index (χ3n) is 5.37. The molecule has 0 radical (unpaired) electrons. The quantitative estimate of drug-likeness (QED) is 0.261. The van der Waals surface area contributed by atoms with Crippen LogP contribution in [0.3, 0.4) is 0 Å². The predicted octanol–water partition coefficient (Wildman–Crippen LogP) is 7.67. The molecule has 1 aromatic heterocycles. The summed E-state index contributed by atoms with van der Waals surface area (Å²) in [6.07, 6.45) is 0.603. The second kappa shape index (κ2) is 9.52. The van der Waals surface area contributed by atoms with Gasteiger partial charge in [-0.1, -0.05) is 56.1 Å². The lowest BCUT2D eigenvalue weighted by Crippen LogP contribution is -2.30. The van der Waals surface area contributed by atoms with Crippen LogP contribution in [0, 0.1) is 12.3 Å². The molecule has 0 aliphatic carbocycles. The molecular weight excluding hydrogens is 438 g/mol. The van der Waals surface area contributed by atoms with Crippen LogP contribution < -0.4 is 0 Å². The summed E-state index contributed by atoms with van der Waals surface area (Å²) in [4.78, 5) is 14.0. The molecule has 2 aromatic carbocycles. The van der Waals surface area contributed by atoms with Crippen molar-refractivity contribution in [1.29, 1.82) is 0 Å². The van der Waals surface area contributed by atoms with Gasteiger partial charge in [-0.3, -0.25) is 4.79 Å². The standard InChI is InChI=1S/C27H34ClNO2S/c1-8-31-25(30)27(6,7)16-23-24(32-26(3,4)5)21-15-18(2)9-14-22(21)29(23)17-19-10-12-20(28)13-11-19/h9-15H,8,16-17H2,1-7H3. The minimum absolute atomic E-state index is 0.0337. The number of halogens is 1. The van der Waals surface area contributed by atoms with Crippen LogP contribution in [0.5, 0.6) is 0 Å². The van der Waals surface area contributed by atoms with Crippen LogP contribution in [0.1, 0.15) is 58.4 Å². The van der Waals surface area contributed by atoms with Gasteiger partial charge in [-0.25, -0.2) is 0 Å². The first-order valence-electron chi connectivity index (χ1n) is 11.1. The number of carbonyl (C=O) groups is 1. The maximum Gasteiger partial charge on any atom is 0.311 e. The molecule has 0 N–H and O–H groups in total. The van der Waals surface area contributed by atoms with Crippen molar-refractivity contribution in [1.82, 2.24) is 4.57 Å². The number of hydrogen-bond donors (Lipinski definition) is 0. The summed E-state index contributed by atoms with van der Waals surface area (Å²) in [6.45, 7) is 15.7. The minimum Gasteiger partial charge on any atom is -0.466 e. The fourth-order valence-corrected chi connectivity index (χ4v) is 5.17. The predicted molar refractivity (Wildman–Crippen MR) is 137 cm³/mol. The lowest BCUT2D eigenvalue weighted by molar-refractivity contribution is -0.153. The average Bonchev–Trinajstić information content (AvgIpc) is 2.94. The fraction of sp³-hybridized carbons (Fsp3) is 0.444. The maximum atomic E-state index is 12.8. The zero-order valence-electron chi connectivity index (χ0n) is 20.2. The number of aromatic nitrogens is 1. The second-order valence-electron chi connectivity index (χ2n) is 10.0. The Balaban J connectivity index is 2.22. The van der Waals surface area contributed by atoms with E-state index in [2.05, 4.69) is 62.6 Å². The van der Waals surface area contributed by atoms with Gasteiger partial charge in [-0.15, -0.1) is 11.8 Å². The molecule has 172 valence electrons. The summed E-state index contributed by atoms with van der Waals surface area (Å²) in [7, 11) is 0. The number of hydrogen-bond acceptors (Lipinski definition) is 3. The van der Waals surface area contributed by atoms with E-state index >= 15 is 0 Å². The Kier molecular flexibility index (Phi) is 7.36. The number of fused-ring (bicyclic) bond motifs is 1. The maximum absolute atomic E-state index is 12.8. The Morgan fingerprint density at radius 2 is 1.72 bits per heavy atom. The van der Waals surface area contributed by atoms with E-state index in [-0.39, 0.29) is 10.7 Å². The van der Waals surface area contributed by atoms with Crippen LogP contribution in [-0.4, -0.2) is 21.9 Å². The molecule has 0 spiro atoms. The molecule has 1 heterocycles. The number of nitrogens with zero attached hydrogens (tertiary/aromatic N) is 1. The molecule has 0 atom stereocenters. The highest BCUT2D eigenvalue weighted by Gasteiger charge is 2.34. The average molecular weight is 472 g/mol. The Morgan fingerprint density at radius 3 is 2.31 bits per heavy atom. The lowest BCUT2D eigenvalue weighted by atomic mass is 9.87. The largest absolute Gasteiger partial charge is 0.466 e. The molecule has 0 bridgehead atoms. The number of rotatable bonds is 7. The number of ether oxygens (including phenoxy) is 1. The Morgan fingerprint density at radius 1 is 1.06 bits per heavy atom. The van der Waals surface area contributed by atoms with Crippen molar-refractivity contribution in [3.8, 4) is 0 Å². The lowest BCUT2D eigenvalue weighted by Gasteiger charge is -2.26. The van der Waals surface area contributed by atoms with E-state index in [4.69, 9.17) is 16.3 Å². The zero-order valence-corrected chi connectivity index (χ0v) is 21.8. The van der Waals surface area contributed by atoms with Gasteiger partial charge in [0.25, 0.3) is 0 Å². The molecule has 5 heteroatoms. The molecule has 0 fully saturated rings. The topological polar surface area (TPSA) is 31.2 Å². The summed E-state index contributed by atoms with van der Waals surface area (Å²) in [5, 5.41) is 1.97. The first-order valence-corrected chi connectivity index (χ1v) is 12.3. The molecule has 0 amide bonds. The second-order valence-corrected chi connectivity index (χ2v) is 12.3.